The van der Waals surface area contributed by atoms with Crippen LogP contribution in [0.15, 0.2) is 23.1 Å². The molecule has 0 aliphatic rings. The molecule has 0 aliphatic heterocycles. The van der Waals surface area contributed by atoms with Crippen molar-refractivity contribution in [1.29, 1.82) is 0 Å². The minimum absolute atomic E-state index is 0. The number of rotatable bonds is 6. The minimum atomic E-state index is -3.88. The molecule has 1 atom stereocenters. The van der Waals surface area contributed by atoms with Crippen LogP contribution < -0.4 is 10.5 Å². The number of aryl methyl sites for hydroxylation is 1. The molecule has 0 amide bonds. The number of hydrogen-bond donors (Lipinski definition) is 2. The standard InChI is InChI=1S/C13H21FN2O2S.ClH/c1-9(2)7-11(8-15)16-19(17,18)13-10(3)5-4-6-12(13)14;/h4-6,9,11,16H,7-8,15H2,1-3H3;1H. The van der Waals surface area contributed by atoms with Crippen LogP contribution in [0, 0.1) is 18.7 Å². The van der Waals surface area contributed by atoms with Crippen molar-refractivity contribution in [1.82, 2.24) is 4.72 Å². The van der Waals surface area contributed by atoms with Crippen LogP contribution in [0.5, 0.6) is 0 Å². The molecule has 1 unspecified atom stereocenters. The Balaban J connectivity index is 0.00000361. The molecule has 1 rings (SSSR count). The quantitative estimate of drug-likeness (QED) is 0.842. The van der Waals surface area contributed by atoms with Crippen LogP contribution in [0.25, 0.3) is 0 Å². The Morgan fingerprint density at radius 3 is 2.40 bits per heavy atom. The van der Waals surface area contributed by atoms with Gasteiger partial charge in [0.25, 0.3) is 0 Å². The van der Waals surface area contributed by atoms with E-state index in [1.165, 1.54) is 6.07 Å². The highest BCUT2D eigenvalue weighted by atomic mass is 35.5. The van der Waals surface area contributed by atoms with Crippen LogP contribution in [0.4, 0.5) is 4.39 Å². The van der Waals surface area contributed by atoms with Crippen LogP contribution in [-0.4, -0.2) is 21.0 Å². The summed E-state index contributed by atoms with van der Waals surface area (Å²) >= 11 is 0. The maximum absolute atomic E-state index is 13.7. The SMILES string of the molecule is Cc1cccc(F)c1S(=O)(=O)NC(CN)CC(C)C.Cl. The molecule has 0 aromatic heterocycles. The van der Waals surface area contributed by atoms with Gasteiger partial charge in [-0.25, -0.2) is 17.5 Å². The highest BCUT2D eigenvalue weighted by Gasteiger charge is 2.24. The molecule has 0 saturated heterocycles. The predicted octanol–water partition coefficient (Wildman–Crippen LogP) is 2.21. The summed E-state index contributed by atoms with van der Waals surface area (Å²) in [4.78, 5) is -0.294. The van der Waals surface area contributed by atoms with Gasteiger partial charge in [0.15, 0.2) is 0 Å². The van der Waals surface area contributed by atoms with Gasteiger partial charge < -0.3 is 5.73 Å². The van der Waals surface area contributed by atoms with Crippen molar-refractivity contribution in [2.75, 3.05) is 6.54 Å². The van der Waals surface area contributed by atoms with E-state index in [1.807, 2.05) is 13.8 Å². The van der Waals surface area contributed by atoms with E-state index in [0.717, 1.165) is 6.07 Å². The molecule has 0 bridgehead atoms. The molecule has 116 valence electrons. The second kappa shape index (κ2) is 7.93. The highest BCUT2D eigenvalue weighted by molar-refractivity contribution is 7.89. The topological polar surface area (TPSA) is 72.2 Å². The molecule has 1 aromatic rings. The Morgan fingerprint density at radius 2 is 1.95 bits per heavy atom. The summed E-state index contributed by atoms with van der Waals surface area (Å²) in [5, 5.41) is 0. The lowest BCUT2D eigenvalue weighted by atomic mass is 10.1. The fourth-order valence-corrected chi connectivity index (χ4v) is 3.56. The Hall–Kier alpha value is -0.690. The van der Waals surface area contributed by atoms with Crippen LogP contribution >= 0.6 is 12.4 Å². The average molecular weight is 325 g/mol. The van der Waals surface area contributed by atoms with E-state index in [4.69, 9.17) is 5.73 Å². The van der Waals surface area contributed by atoms with Gasteiger partial charge in [0.2, 0.25) is 10.0 Å². The lowest BCUT2D eigenvalue weighted by Crippen LogP contribution is -2.41. The lowest BCUT2D eigenvalue weighted by Gasteiger charge is -2.19. The maximum atomic E-state index is 13.7. The Morgan fingerprint density at radius 1 is 1.35 bits per heavy atom. The molecule has 0 radical (unpaired) electrons. The molecule has 0 saturated carbocycles. The van der Waals surface area contributed by atoms with Crippen molar-refractivity contribution in [2.24, 2.45) is 11.7 Å². The van der Waals surface area contributed by atoms with Crippen LogP contribution in [0.3, 0.4) is 0 Å². The molecule has 4 nitrogen and oxygen atoms in total. The summed E-state index contributed by atoms with van der Waals surface area (Å²) in [6.07, 6.45) is 0.614. The monoisotopic (exact) mass is 324 g/mol. The summed E-state index contributed by atoms with van der Waals surface area (Å²) in [5.74, 6) is -0.439. The zero-order chi connectivity index (χ0) is 14.6. The zero-order valence-electron chi connectivity index (χ0n) is 11.9. The Kier molecular flexibility index (Phi) is 7.65. The third kappa shape index (κ3) is 5.01. The van der Waals surface area contributed by atoms with Gasteiger partial charge in [0.05, 0.1) is 0 Å². The van der Waals surface area contributed by atoms with Gasteiger partial charge in [0.1, 0.15) is 10.7 Å². The smallest absolute Gasteiger partial charge is 0.244 e. The van der Waals surface area contributed by atoms with Gasteiger partial charge in [0, 0.05) is 12.6 Å². The van der Waals surface area contributed by atoms with Gasteiger partial charge in [-0.05, 0) is 30.9 Å². The first-order chi connectivity index (χ1) is 8.77. The van der Waals surface area contributed by atoms with Crippen molar-refractivity contribution in [3.8, 4) is 0 Å². The molecule has 0 aliphatic carbocycles. The molecule has 7 heteroatoms. The Labute approximate surface area is 126 Å². The number of nitrogens with two attached hydrogens (primary N) is 1. The van der Waals surface area contributed by atoms with Crippen molar-refractivity contribution >= 4 is 22.4 Å². The van der Waals surface area contributed by atoms with E-state index < -0.39 is 15.8 Å². The van der Waals surface area contributed by atoms with Gasteiger partial charge in [-0.15, -0.1) is 12.4 Å². The fourth-order valence-electron chi connectivity index (χ4n) is 2.00. The van der Waals surface area contributed by atoms with Gasteiger partial charge in [-0.2, -0.15) is 0 Å². The van der Waals surface area contributed by atoms with Crippen LogP contribution in [0.1, 0.15) is 25.8 Å². The van der Waals surface area contributed by atoms with E-state index in [0.29, 0.717) is 17.9 Å². The fraction of sp³-hybridized carbons (Fsp3) is 0.538. The van der Waals surface area contributed by atoms with E-state index in [2.05, 4.69) is 4.72 Å². The first kappa shape index (κ1) is 19.3. The molecule has 0 heterocycles. The van der Waals surface area contributed by atoms with E-state index >= 15 is 0 Å². The van der Waals surface area contributed by atoms with Crippen LogP contribution in [-0.2, 0) is 10.0 Å². The summed E-state index contributed by atoms with van der Waals surface area (Å²) < 4.78 is 40.6. The van der Waals surface area contributed by atoms with Crippen LogP contribution in [0.2, 0.25) is 0 Å². The van der Waals surface area contributed by atoms with E-state index in [1.54, 1.807) is 13.0 Å². The van der Waals surface area contributed by atoms with Gasteiger partial charge in [-0.3, -0.25) is 0 Å². The largest absolute Gasteiger partial charge is 0.329 e. The van der Waals surface area contributed by atoms with Gasteiger partial charge >= 0.3 is 0 Å². The summed E-state index contributed by atoms with van der Waals surface area (Å²) in [6.45, 7) is 5.71. The first-order valence-corrected chi connectivity index (χ1v) is 7.73. The molecule has 1 aromatic carbocycles. The molecule has 20 heavy (non-hydrogen) atoms. The third-order valence-corrected chi connectivity index (χ3v) is 4.49. The van der Waals surface area contributed by atoms with Crippen molar-refractivity contribution in [2.45, 2.75) is 38.1 Å². The van der Waals surface area contributed by atoms with Gasteiger partial charge in [-0.1, -0.05) is 26.0 Å². The minimum Gasteiger partial charge on any atom is -0.329 e. The normalized spacial score (nSPS) is 13.1. The van der Waals surface area contributed by atoms with E-state index in [9.17, 15) is 12.8 Å². The zero-order valence-corrected chi connectivity index (χ0v) is 13.5. The summed E-state index contributed by atoms with van der Waals surface area (Å²) in [7, 11) is -3.88. The number of sulfonamides is 1. The summed E-state index contributed by atoms with van der Waals surface area (Å²) in [6, 6.07) is 3.81. The van der Waals surface area contributed by atoms with Crippen molar-refractivity contribution in [3.05, 3.63) is 29.6 Å². The number of nitrogens with one attached hydrogen (secondary N) is 1. The van der Waals surface area contributed by atoms with Crippen molar-refractivity contribution in [3.63, 3.8) is 0 Å². The first-order valence-electron chi connectivity index (χ1n) is 6.25. The number of benzene rings is 1. The van der Waals surface area contributed by atoms with Crippen molar-refractivity contribution < 1.29 is 12.8 Å². The predicted molar refractivity (Wildman–Crippen MR) is 81.0 cm³/mol. The lowest BCUT2D eigenvalue weighted by molar-refractivity contribution is 0.462. The second-order valence-corrected chi connectivity index (χ2v) is 6.72. The second-order valence-electron chi connectivity index (χ2n) is 5.07. The molecule has 0 spiro atoms. The average Bonchev–Trinajstić information content (AvgIpc) is 2.26. The molecule has 0 fully saturated rings. The third-order valence-electron chi connectivity index (χ3n) is 2.79. The molecular weight excluding hydrogens is 303 g/mol. The number of halogens is 2. The van der Waals surface area contributed by atoms with E-state index in [-0.39, 0.29) is 29.9 Å². The highest BCUT2D eigenvalue weighted by Crippen LogP contribution is 2.19. The molecular formula is C13H22ClFN2O2S. The Bertz CT molecular complexity index is 515. The number of hydrogen-bond acceptors (Lipinski definition) is 3. The summed E-state index contributed by atoms with van der Waals surface area (Å²) in [5.41, 5.74) is 5.94. The molecule has 3 N–H and O–H groups in total. The maximum Gasteiger partial charge on any atom is 0.244 e.